The minimum atomic E-state index is -1.01. The molecule has 0 aliphatic heterocycles. The van der Waals surface area contributed by atoms with Crippen molar-refractivity contribution in [1.82, 2.24) is 0 Å². The SMILES string of the molecule is CCC(C)(N)OC(=O)[C@@H](N)CCC(N)=O. The predicted octanol–water partition coefficient (Wildman–Crippen LogP) is -0.793. The van der Waals surface area contributed by atoms with Crippen LogP contribution in [-0.4, -0.2) is 23.6 Å². The zero-order chi connectivity index (χ0) is 12.1. The Morgan fingerprint density at radius 2 is 2.00 bits per heavy atom. The van der Waals surface area contributed by atoms with Crippen molar-refractivity contribution in [3.8, 4) is 0 Å². The van der Waals surface area contributed by atoms with Crippen LogP contribution < -0.4 is 17.2 Å². The van der Waals surface area contributed by atoms with E-state index in [2.05, 4.69) is 0 Å². The van der Waals surface area contributed by atoms with E-state index in [4.69, 9.17) is 21.9 Å². The number of esters is 1. The van der Waals surface area contributed by atoms with Crippen LogP contribution in [0.2, 0.25) is 0 Å². The molecule has 6 N–H and O–H groups in total. The van der Waals surface area contributed by atoms with Gasteiger partial charge < -0.3 is 16.2 Å². The summed E-state index contributed by atoms with van der Waals surface area (Å²) in [5, 5.41) is 0. The van der Waals surface area contributed by atoms with Crippen molar-refractivity contribution in [2.45, 2.75) is 44.9 Å². The van der Waals surface area contributed by atoms with Gasteiger partial charge in [0, 0.05) is 6.42 Å². The number of primary amides is 1. The van der Waals surface area contributed by atoms with Gasteiger partial charge >= 0.3 is 5.97 Å². The van der Waals surface area contributed by atoms with Crippen LogP contribution in [0.1, 0.15) is 33.1 Å². The van der Waals surface area contributed by atoms with Gasteiger partial charge in [-0.2, -0.15) is 0 Å². The lowest BCUT2D eigenvalue weighted by atomic mass is 10.1. The molecule has 0 rings (SSSR count). The predicted molar refractivity (Wildman–Crippen MR) is 55.4 cm³/mol. The van der Waals surface area contributed by atoms with Crippen molar-refractivity contribution in [2.75, 3.05) is 0 Å². The van der Waals surface area contributed by atoms with E-state index in [9.17, 15) is 9.59 Å². The summed E-state index contributed by atoms with van der Waals surface area (Å²) in [4.78, 5) is 21.8. The van der Waals surface area contributed by atoms with Crippen molar-refractivity contribution in [3.63, 3.8) is 0 Å². The molecule has 1 unspecified atom stereocenters. The largest absolute Gasteiger partial charge is 0.443 e. The molecule has 0 saturated heterocycles. The molecule has 2 atom stereocenters. The fraction of sp³-hybridized carbons (Fsp3) is 0.778. The number of carbonyl (C=O) groups excluding carboxylic acids is 2. The summed E-state index contributed by atoms with van der Waals surface area (Å²) in [6.07, 6.45) is 0.721. The van der Waals surface area contributed by atoms with E-state index in [0.717, 1.165) is 0 Å². The topological polar surface area (TPSA) is 121 Å². The van der Waals surface area contributed by atoms with Crippen molar-refractivity contribution in [3.05, 3.63) is 0 Å². The van der Waals surface area contributed by atoms with E-state index in [0.29, 0.717) is 6.42 Å². The molecule has 0 radical (unpaired) electrons. The van der Waals surface area contributed by atoms with E-state index in [-0.39, 0.29) is 12.8 Å². The first-order chi connectivity index (χ1) is 6.78. The Morgan fingerprint density at radius 1 is 1.47 bits per heavy atom. The maximum Gasteiger partial charge on any atom is 0.324 e. The van der Waals surface area contributed by atoms with Gasteiger partial charge in [0.05, 0.1) is 0 Å². The van der Waals surface area contributed by atoms with Crippen LogP contribution in [0.15, 0.2) is 0 Å². The maximum atomic E-state index is 11.4. The summed E-state index contributed by atoms with van der Waals surface area (Å²) >= 11 is 0. The summed E-state index contributed by atoms with van der Waals surface area (Å²) in [6, 6.07) is -0.855. The molecule has 0 aromatic carbocycles. The average Bonchev–Trinajstić information content (AvgIpc) is 2.13. The Morgan fingerprint density at radius 3 is 2.40 bits per heavy atom. The summed E-state index contributed by atoms with van der Waals surface area (Å²) in [6.45, 7) is 3.38. The highest BCUT2D eigenvalue weighted by Gasteiger charge is 2.25. The van der Waals surface area contributed by atoms with Crippen LogP contribution in [-0.2, 0) is 14.3 Å². The van der Waals surface area contributed by atoms with Gasteiger partial charge in [-0.3, -0.25) is 15.3 Å². The lowest BCUT2D eigenvalue weighted by Crippen LogP contribution is -2.45. The Labute approximate surface area is 89.1 Å². The Bertz CT molecular complexity index is 241. The lowest BCUT2D eigenvalue weighted by molar-refractivity contribution is -0.159. The van der Waals surface area contributed by atoms with Gasteiger partial charge in [-0.1, -0.05) is 6.92 Å². The third-order valence-electron chi connectivity index (χ3n) is 2.04. The second-order valence-electron chi connectivity index (χ2n) is 3.70. The van der Waals surface area contributed by atoms with Gasteiger partial charge in [-0.15, -0.1) is 0 Å². The molecule has 0 fully saturated rings. The third-order valence-corrected chi connectivity index (χ3v) is 2.04. The molecular formula is C9H19N3O3. The van der Waals surface area contributed by atoms with Gasteiger partial charge in [0.25, 0.3) is 0 Å². The van der Waals surface area contributed by atoms with Crippen molar-refractivity contribution in [2.24, 2.45) is 17.2 Å². The van der Waals surface area contributed by atoms with Gasteiger partial charge in [0.15, 0.2) is 5.72 Å². The normalized spacial score (nSPS) is 16.5. The first-order valence-electron chi connectivity index (χ1n) is 4.84. The average molecular weight is 217 g/mol. The fourth-order valence-corrected chi connectivity index (χ4v) is 0.793. The molecule has 15 heavy (non-hydrogen) atoms. The van der Waals surface area contributed by atoms with E-state index in [1.807, 2.05) is 0 Å². The highest BCUT2D eigenvalue weighted by Crippen LogP contribution is 2.09. The van der Waals surface area contributed by atoms with Crippen LogP contribution >= 0.6 is 0 Å². The van der Waals surface area contributed by atoms with E-state index >= 15 is 0 Å². The lowest BCUT2D eigenvalue weighted by Gasteiger charge is -2.24. The van der Waals surface area contributed by atoms with Gasteiger partial charge in [-0.05, 0) is 19.8 Å². The Hall–Kier alpha value is -1.14. The number of carbonyl (C=O) groups is 2. The summed E-state index contributed by atoms with van der Waals surface area (Å²) in [5.41, 5.74) is 15.0. The molecule has 0 aromatic heterocycles. The van der Waals surface area contributed by atoms with Gasteiger partial charge in [-0.25, -0.2) is 0 Å². The smallest absolute Gasteiger partial charge is 0.324 e. The van der Waals surface area contributed by atoms with E-state index in [1.165, 1.54) is 0 Å². The number of ether oxygens (including phenoxy) is 1. The minimum absolute atomic E-state index is 0.0592. The number of hydrogen-bond donors (Lipinski definition) is 3. The minimum Gasteiger partial charge on any atom is -0.443 e. The number of amides is 1. The molecule has 0 aliphatic carbocycles. The molecule has 0 saturated carbocycles. The summed E-state index contributed by atoms with van der Waals surface area (Å²) in [5.74, 6) is -1.10. The highest BCUT2D eigenvalue weighted by molar-refractivity contribution is 5.78. The third kappa shape index (κ3) is 6.03. The van der Waals surface area contributed by atoms with Crippen LogP contribution in [0.3, 0.4) is 0 Å². The van der Waals surface area contributed by atoms with Gasteiger partial charge in [0.2, 0.25) is 5.91 Å². The number of hydrogen-bond acceptors (Lipinski definition) is 5. The quantitative estimate of drug-likeness (QED) is 0.397. The second-order valence-corrected chi connectivity index (χ2v) is 3.70. The summed E-state index contributed by atoms with van der Waals surface area (Å²) < 4.78 is 4.94. The number of rotatable bonds is 6. The van der Waals surface area contributed by atoms with Crippen molar-refractivity contribution in [1.29, 1.82) is 0 Å². The van der Waals surface area contributed by atoms with Crippen molar-refractivity contribution >= 4 is 11.9 Å². The Kier molecular flexibility index (Phi) is 5.24. The first kappa shape index (κ1) is 13.9. The number of nitrogens with two attached hydrogens (primary N) is 3. The summed E-state index contributed by atoms with van der Waals surface area (Å²) in [7, 11) is 0. The molecule has 1 amide bonds. The van der Waals surface area contributed by atoms with Crippen LogP contribution in [0, 0.1) is 0 Å². The second kappa shape index (κ2) is 5.67. The molecule has 6 heteroatoms. The van der Waals surface area contributed by atoms with E-state index in [1.54, 1.807) is 13.8 Å². The van der Waals surface area contributed by atoms with Crippen LogP contribution in [0.25, 0.3) is 0 Å². The molecule has 0 bridgehead atoms. The maximum absolute atomic E-state index is 11.4. The van der Waals surface area contributed by atoms with Gasteiger partial charge in [0.1, 0.15) is 6.04 Å². The molecular weight excluding hydrogens is 198 g/mol. The highest BCUT2D eigenvalue weighted by atomic mass is 16.6. The molecule has 6 nitrogen and oxygen atoms in total. The molecule has 0 heterocycles. The van der Waals surface area contributed by atoms with Crippen LogP contribution in [0.4, 0.5) is 0 Å². The zero-order valence-corrected chi connectivity index (χ0v) is 9.16. The fourth-order valence-electron chi connectivity index (χ4n) is 0.793. The van der Waals surface area contributed by atoms with Crippen LogP contribution in [0.5, 0.6) is 0 Å². The molecule has 0 spiro atoms. The van der Waals surface area contributed by atoms with E-state index < -0.39 is 23.6 Å². The molecule has 88 valence electrons. The molecule has 0 aromatic rings. The van der Waals surface area contributed by atoms with Crippen molar-refractivity contribution < 1.29 is 14.3 Å². The molecule has 0 aliphatic rings. The Balaban J connectivity index is 4.04. The standard InChI is InChI=1S/C9H19N3O3/c1-3-9(2,12)15-8(14)6(10)4-5-7(11)13/h6H,3-5,10,12H2,1-2H3,(H2,11,13)/t6-,9?/m0/s1. The first-order valence-corrected chi connectivity index (χ1v) is 4.84. The monoisotopic (exact) mass is 217 g/mol. The zero-order valence-electron chi connectivity index (χ0n) is 9.16.